The molecule has 3 aromatic carbocycles. The molecule has 0 aromatic heterocycles. The fourth-order valence-electron chi connectivity index (χ4n) is 5.62. The molecule has 2 aliphatic rings. The second kappa shape index (κ2) is 9.48. The zero-order chi connectivity index (χ0) is 22.8. The van der Waals surface area contributed by atoms with Crippen molar-refractivity contribution in [2.45, 2.75) is 18.8 Å². The Morgan fingerprint density at radius 3 is 2.45 bits per heavy atom. The largest absolute Gasteiger partial charge is 0.338 e. The van der Waals surface area contributed by atoms with Crippen LogP contribution in [0.25, 0.3) is 10.8 Å². The number of nitrogens with zero attached hydrogens (tertiary/aromatic N) is 2. The minimum absolute atomic E-state index is 0.121. The van der Waals surface area contributed by atoms with E-state index in [1.807, 2.05) is 53.4 Å². The highest BCUT2D eigenvalue weighted by molar-refractivity contribution is 6.07. The van der Waals surface area contributed by atoms with Crippen LogP contribution in [0.2, 0.25) is 0 Å². The highest BCUT2D eigenvalue weighted by Gasteiger charge is 2.36. The number of benzene rings is 3. The monoisotopic (exact) mass is 442 g/mol. The molecule has 2 unspecified atom stereocenters. The number of rotatable bonds is 5. The maximum atomic E-state index is 13.4. The molecule has 2 fully saturated rings. The number of piperidine rings is 1. The molecule has 2 aliphatic heterocycles. The first kappa shape index (κ1) is 21.8. The smallest absolute Gasteiger partial charge is 0.254 e. The lowest BCUT2D eigenvalue weighted by Crippen LogP contribution is -2.38. The van der Waals surface area contributed by atoms with E-state index in [0.29, 0.717) is 17.8 Å². The van der Waals surface area contributed by atoms with Crippen molar-refractivity contribution in [3.63, 3.8) is 0 Å². The molecule has 0 N–H and O–H groups in total. The van der Waals surface area contributed by atoms with Gasteiger partial charge in [-0.1, -0.05) is 54.6 Å². The van der Waals surface area contributed by atoms with Gasteiger partial charge < -0.3 is 9.80 Å². The predicted octanol–water partition coefficient (Wildman–Crippen LogP) is 5.73. The van der Waals surface area contributed by atoms with Gasteiger partial charge in [-0.2, -0.15) is 0 Å². The van der Waals surface area contributed by atoms with Crippen molar-refractivity contribution in [3.8, 4) is 0 Å². The van der Waals surface area contributed by atoms with Gasteiger partial charge in [-0.3, -0.25) is 4.79 Å². The predicted molar refractivity (Wildman–Crippen MR) is 132 cm³/mol. The fraction of sp³-hybridized carbons (Fsp3) is 0.345. The second-order valence-electron chi connectivity index (χ2n) is 9.52. The van der Waals surface area contributed by atoms with E-state index in [1.54, 1.807) is 12.1 Å². The number of halogens is 1. The van der Waals surface area contributed by atoms with Crippen LogP contribution in [0.15, 0.2) is 79.4 Å². The maximum Gasteiger partial charge on any atom is 0.254 e. The summed E-state index contributed by atoms with van der Waals surface area (Å²) < 4.78 is 13.2. The van der Waals surface area contributed by atoms with Gasteiger partial charge in [0.2, 0.25) is 0 Å². The third-order valence-electron chi connectivity index (χ3n) is 7.52. The van der Waals surface area contributed by atoms with Crippen molar-refractivity contribution in [2.24, 2.45) is 11.8 Å². The zero-order valence-corrected chi connectivity index (χ0v) is 19.0. The van der Waals surface area contributed by atoms with Crippen LogP contribution in [-0.4, -0.2) is 48.4 Å². The summed E-state index contributed by atoms with van der Waals surface area (Å²) in [7, 11) is 0. The molecule has 0 saturated carbocycles. The Morgan fingerprint density at radius 2 is 1.70 bits per heavy atom. The second-order valence-corrected chi connectivity index (χ2v) is 9.52. The van der Waals surface area contributed by atoms with Crippen molar-refractivity contribution >= 4 is 16.7 Å². The van der Waals surface area contributed by atoms with Crippen molar-refractivity contribution < 1.29 is 9.18 Å². The van der Waals surface area contributed by atoms with Crippen molar-refractivity contribution in [1.29, 1.82) is 0 Å². The van der Waals surface area contributed by atoms with Crippen LogP contribution in [0.4, 0.5) is 4.39 Å². The average molecular weight is 443 g/mol. The molecule has 3 aromatic rings. The van der Waals surface area contributed by atoms with E-state index < -0.39 is 0 Å². The Hall–Kier alpha value is -2.98. The van der Waals surface area contributed by atoms with E-state index in [-0.39, 0.29) is 11.7 Å². The van der Waals surface area contributed by atoms with E-state index in [0.717, 1.165) is 61.9 Å². The van der Waals surface area contributed by atoms with Gasteiger partial charge in [0.1, 0.15) is 5.82 Å². The minimum Gasteiger partial charge on any atom is -0.338 e. The van der Waals surface area contributed by atoms with Gasteiger partial charge in [0.25, 0.3) is 5.91 Å². The van der Waals surface area contributed by atoms with Gasteiger partial charge >= 0.3 is 0 Å². The van der Waals surface area contributed by atoms with Crippen molar-refractivity contribution in [2.75, 3.05) is 32.7 Å². The minimum atomic E-state index is -0.171. The van der Waals surface area contributed by atoms with Gasteiger partial charge in [-0.25, -0.2) is 4.39 Å². The molecule has 3 nitrogen and oxygen atoms in total. The molecule has 0 bridgehead atoms. The highest BCUT2D eigenvalue weighted by atomic mass is 19.1. The van der Waals surface area contributed by atoms with Gasteiger partial charge in [-0.15, -0.1) is 6.58 Å². The summed E-state index contributed by atoms with van der Waals surface area (Å²) in [5, 5.41) is 2.12. The van der Waals surface area contributed by atoms with E-state index >= 15 is 0 Å². The van der Waals surface area contributed by atoms with Crippen LogP contribution in [-0.2, 0) is 0 Å². The Balaban J connectivity index is 1.22. The standard InChI is InChI=1S/C29H31FN2O/c1-2-21-19-32(29(33)28-9-5-7-24-6-3-4-8-27(24)28)20-25(21)18-31-16-14-23(15-17-31)22-10-12-26(30)13-11-22/h2-13,21,23,25H,1,14-20H2. The number of amides is 1. The number of hydrogen-bond acceptors (Lipinski definition) is 2. The molecule has 0 aliphatic carbocycles. The molecule has 5 rings (SSSR count). The van der Waals surface area contributed by atoms with E-state index in [2.05, 4.69) is 23.6 Å². The molecule has 0 spiro atoms. The van der Waals surface area contributed by atoms with Gasteiger partial charge in [0.05, 0.1) is 0 Å². The summed E-state index contributed by atoms with van der Waals surface area (Å²) in [6, 6.07) is 21.1. The van der Waals surface area contributed by atoms with Crippen LogP contribution < -0.4 is 0 Å². The van der Waals surface area contributed by atoms with Crippen LogP contribution >= 0.6 is 0 Å². The lowest BCUT2D eigenvalue weighted by atomic mass is 9.88. The third kappa shape index (κ3) is 4.58. The average Bonchev–Trinajstić information content (AvgIpc) is 3.27. The van der Waals surface area contributed by atoms with Gasteiger partial charge in [0.15, 0.2) is 0 Å². The molecular formula is C29H31FN2O. The van der Waals surface area contributed by atoms with Crippen molar-refractivity contribution in [1.82, 2.24) is 9.80 Å². The molecule has 2 heterocycles. The number of hydrogen-bond donors (Lipinski definition) is 0. The molecule has 2 atom stereocenters. The topological polar surface area (TPSA) is 23.6 Å². The molecule has 1 amide bonds. The van der Waals surface area contributed by atoms with E-state index in [1.165, 1.54) is 5.56 Å². The normalized spacial score (nSPS) is 22.0. The Kier molecular flexibility index (Phi) is 6.28. The molecule has 2 saturated heterocycles. The summed E-state index contributed by atoms with van der Waals surface area (Å²) in [5.74, 6) is 1.18. The number of carbonyl (C=O) groups is 1. The van der Waals surface area contributed by atoms with Crippen molar-refractivity contribution in [3.05, 3.63) is 96.3 Å². The number of fused-ring (bicyclic) bond motifs is 1. The van der Waals surface area contributed by atoms with Crippen LogP contribution in [0.5, 0.6) is 0 Å². The summed E-state index contributed by atoms with van der Waals surface area (Å²) in [4.78, 5) is 18.0. The molecule has 170 valence electrons. The molecule has 33 heavy (non-hydrogen) atoms. The van der Waals surface area contributed by atoms with Crippen LogP contribution in [0, 0.1) is 17.7 Å². The summed E-state index contributed by atoms with van der Waals surface area (Å²) in [6.45, 7) is 8.66. The summed E-state index contributed by atoms with van der Waals surface area (Å²) in [6.07, 6.45) is 4.22. The maximum absolute atomic E-state index is 13.4. The van der Waals surface area contributed by atoms with Crippen LogP contribution in [0.3, 0.4) is 0 Å². The Morgan fingerprint density at radius 1 is 0.970 bits per heavy atom. The van der Waals surface area contributed by atoms with Gasteiger partial charge in [0, 0.05) is 25.2 Å². The fourth-order valence-corrected chi connectivity index (χ4v) is 5.62. The molecule has 0 radical (unpaired) electrons. The Labute approximate surface area is 195 Å². The summed E-state index contributed by atoms with van der Waals surface area (Å²) in [5.41, 5.74) is 2.03. The third-order valence-corrected chi connectivity index (χ3v) is 7.52. The lowest BCUT2D eigenvalue weighted by Gasteiger charge is -2.34. The van der Waals surface area contributed by atoms with Gasteiger partial charge in [-0.05, 0) is 78.2 Å². The highest BCUT2D eigenvalue weighted by Crippen LogP contribution is 2.32. The van der Waals surface area contributed by atoms with Crippen LogP contribution in [0.1, 0.15) is 34.7 Å². The van der Waals surface area contributed by atoms with E-state index in [9.17, 15) is 9.18 Å². The first-order valence-electron chi connectivity index (χ1n) is 12.0. The molecule has 4 heteroatoms. The Bertz CT molecular complexity index is 1130. The van der Waals surface area contributed by atoms with E-state index in [4.69, 9.17) is 0 Å². The summed E-state index contributed by atoms with van der Waals surface area (Å²) >= 11 is 0. The lowest BCUT2D eigenvalue weighted by molar-refractivity contribution is 0.0783. The number of likely N-dealkylation sites (tertiary alicyclic amines) is 2. The first-order chi connectivity index (χ1) is 16.1. The quantitative estimate of drug-likeness (QED) is 0.471. The molecular weight excluding hydrogens is 411 g/mol. The zero-order valence-electron chi connectivity index (χ0n) is 19.0. The number of carbonyl (C=O) groups excluding carboxylic acids is 1. The SMILES string of the molecule is C=CC1CN(C(=O)c2cccc3ccccc23)CC1CN1CCC(c2ccc(F)cc2)CC1. The first-order valence-corrected chi connectivity index (χ1v) is 12.0.